The summed E-state index contributed by atoms with van der Waals surface area (Å²) in [5, 5.41) is 3.03. The number of benzene rings is 1. The minimum absolute atomic E-state index is 0.0750. The minimum Gasteiger partial charge on any atom is -0.466 e. The molecule has 0 saturated heterocycles. The number of rotatable bonds is 8. The van der Waals surface area contributed by atoms with Gasteiger partial charge in [0, 0.05) is 44.1 Å². The maximum Gasteiger partial charge on any atom is 0.220 e. The zero-order valence-electron chi connectivity index (χ0n) is 15.4. The van der Waals surface area contributed by atoms with Crippen LogP contribution in [0.25, 0.3) is 0 Å². The van der Waals surface area contributed by atoms with Gasteiger partial charge in [-0.2, -0.15) is 0 Å². The van der Waals surface area contributed by atoms with E-state index in [0.29, 0.717) is 25.3 Å². The van der Waals surface area contributed by atoms with Gasteiger partial charge in [0.05, 0.1) is 0 Å². The molecule has 3 rings (SSSR count). The largest absolute Gasteiger partial charge is 0.466 e. The third-order valence-corrected chi connectivity index (χ3v) is 5.18. The molecule has 4 heteroatoms. The lowest BCUT2D eigenvalue weighted by atomic mass is 10.2. The first-order chi connectivity index (χ1) is 12.0. The smallest absolute Gasteiger partial charge is 0.220 e. The van der Waals surface area contributed by atoms with Crippen molar-refractivity contribution < 1.29 is 9.21 Å². The highest BCUT2D eigenvalue weighted by Gasteiger charge is 2.36. The molecule has 1 saturated carbocycles. The second-order valence-corrected chi connectivity index (χ2v) is 7.22. The fourth-order valence-electron chi connectivity index (χ4n) is 3.09. The molecule has 1 aromatic heterocycles. The van der Waals surface area contributed by atoms with Crippen LogP contribution in [-0.4, -0.2) is 25.5 Å². The first-order valence-corrected chi connectivity index (χ1v) is 9.17. The van der Waals surface area contributed by atoms with E-state index < -0.39 is 0 Å². The van der Waals surface area contributed by atoms with Gasteiger partial charge in [0.25, 0.3) is 0 Å². The normalized spacial score (nSPS) is 20.1. The summed E-state index contributed by atoms with van der Waals surface area (Å²) < 4.78 is 5.86. The summed E-state index contributed by atoms with van der Waals surface area (Å²) in [6, 6.07) is 14.5. The third-order valence-electron chi connectivity index (χ3n) is 5.18. The van der Waals surface area contributed by atoms with Crippen LogP contribution in [0.3, 0.4) is 0 Å². The molecule has 1 fully saturated rings. The van der Waals surface area contributed by atoms with Crippen LogP contribution in [0.4, 0.5) is 5.69 Å². The lowest BCUT2D eigenvalue weighted by molar-refractivity contribution is -0.121. The van der Waals surface area contributed by atoms with E-state index in [4.69, 9.17) is 4.42 Å². The number of carbonyl (C=O) groups is 1. The Bertz CT molecular complexity index is 695. The minimum atomic E-state index is 0.0750. The van der Waals surface area contributed by atoms with Gasteiger partial charge in [0.2, 0.25) is 5.91 Å². The SMILES string of the molecule is C[C@@H]1C[C@@H]1c1ccc(CCC(=O)NC[C@@H](C)N(C)c2ccccc2)o1. The molecular weight excluding hydrogens is 312 g/mol. The molecule has 134 valence electrons. The van der Waals surface area contributed by atoms with Crippen molar-refractivity contribution in [2.24, 2.45) is 5.92 Å². The van der Waals surface area contributed by atoms with Crippen molar-refractivity contribution in [1.29, 1.82) is 0 Å². The van der Waals surface area contributed by atoms with Crippen LogP contribution in [0.1, 0.15) is 44.1 Å². The van der Waals surface area contributed by atoms with Gasteiger partial charge < -0.3 is 14.6 Å². The summed E-state index contributed by atoms with van der Waals surface area (Å²) >= 11 is 0. The Labute approximate surface area is 150 Å². The highest BCUT2D eigenvalue weighted by Crippen LogP contribution is 2.47. The first-order valence-electron chi connectivity index (χ1n) is 9.17. The molecule has 0 aliphatic heterocycles. The predicted octanol–water partition coefficient (Wildman–Crippen LogP) is 3.98. The highest BCUT2D eigenvalue weighted by atomic mass is 16.3. The first kappa shape index (κ1) is 17.6. The van der Waals surface area contributed by atoms with Crippen molar-refractivity contribution in [2.75, 3.05) is 18.5 Å². The van der Waals surface area contributed by atoms with Crippen molar-refractivity contribution >= 4 is 11.6 Å². The average molecular weight is 340 g/mol. The zero-order valence-corrected chi connectivity index (χ0v) is 15.4. The number of aryl methyl sites for hydroxylation is 1. The maximum atomic E-state index is 12.1. The Morgan fingerprint density at radius 1 is 1.28 bits per heavy atom. The molecule has 2 aromatic rings. The molecule has 1 aliphatic rings. The molecular formula is C21H28N2O2. The zero-order chi connectivity index (χ0) is 17.8. The van der Waals surface area contributed by atoms with E-state index in [1.165, 1.54) is 6.42 Å². The number of furan rings is 1. The number of amides is 1. The van der Waals surface area contributed by atoms with Crippen LogP contribution < -0.4 is 10.2 Å². The second-order valence-electron chi connectivity index (χ2n) is 7.22. The summed E-state index contributed by atoms with van der Waals surface area (Å²) in [6.07, 6.45) is 2.35. The molecule has 0 spiro atoms. The number of nitrogens with zero attached hydrogens (tertiary/aromatic N) is 1. The molecule has 0 unspecified atom stereocenters. The number of carbonyl (C=O) groups excluding carboxylic acids is 1. The second kappa shape index (κ2) is 7.77. The van der Waals surface area contributed by atoms with Gasteiger partial charge in [0.1, 0.15) is 11.5 Å². The van der Waals surface area contributed by atoms with Crippen LogP contribution in [0.2, 0.25) is 0 Å². The number of anilines is 1. The van der Waals surface area contributed by atoms with Crippen LogP contribution in [0.15, 0.2) is 46.9 Å². The summed E-state index contributed by atoms with van der Waals surface area (Å²) in [6.45, 7) is 4.99. The molecule has 4 nitrogen and oxygen atoms in total. The van der Waals surface area contributed by atoms with Crippen LogP contribution in [0, 0.1) is 5.92 Å². The molecule has 1 amide bonds. The molecule has 0 bridgehead atoms. The van der Waals surface area contributed by atoms with E-state index in [1.807, 2.05) is 24.3 Å². The van der Waals surface area contributed by atoms with Crippen molar-refractivity contribution in [3.63, 3.8) is 0 Å². The van der Waals surface area contributed by atoms with Crippen molar-refractivity contribution in [3.8, 4) is 0 Å². The monoisotopic (exact) mass is 340 g/mol. The van der Waals surface area contributed by atoms with Gasteiger partial charge in [-0.3, -0.25) is 4.79 Å². The maximum absolute atomic E-state index is 12.1. The number of hydrogen-bond donors (Lipinski definition) is 1. The fraction of sp³-hybridized carbons (Fsp3) is 0.476. The Hall–Kier alpha value is -2.23. The molecule has 0 radical (unpaired) electrons. The fourth-order valence-corrected chi connectivity index (χ4v) is 3.09. The van der Waals surface area contributed by atoms with Gasteiger partial charge in [-0.1, -0.05) is 25.1 Å². The Morgan fingerprint density at radius 2 is 2.00 bits per heavy atom. The predicted molar refractivity (Wildman–Crippen MR) is 101 cm³/mol. The lowest BCUT2D eigenvalue weighted by Crippen LogP contribution is -2.40. The highest BCUT2D eigenvalue weighted by molar-refractivity contribution is 5.76. The van der Waals surface area contributed by atoms with E-state index in [1.54, 1.807) is 0 Å². The molecule has 3 atom stereocenters. The molecule has 25 heavy (non-hydrogen) atoms. The van der Waals surface area contributed by atoms with E-state index in [-0.39, 0.29) is 11.9 Å². The van der Waals surface area contributed by atoms with Crippen LogP contribution in [0.5, 0.6) is 0 Å². The summed E-state index contributed by atoms with van der Waals surface area (Å²) in [5.41, 5.74) is 1.15. The molecule has 1 heterocycles. The number of nitrogens with one attached hydrogen (secondary N) is 1. The number of hydrogen-bond acceptors (Lipinski definition) is 3. The molecule has 1 N–H and O–H groups in total. The Balaban J connectivity index is 1.39. The van der Waals surface area contributed by atoms with E-state index in [0.717, 1.165) is 23.1 Å². The topological polar surface area (TPSA) is 45.5 Å². The Kier molecular flexibility index (Phi) is 5.47. The van der Waals surface area contributed by atoms with Crippen LogP contribution in [-0.2, 0) is 11.2 Å². The molecule has 1 aliphatic carbocycles. The van der Waals surface area contributed by atoms with Gasteiger partial charge in [-0.25, -0.2) is 0 Å². The van der Waals surface area contributed by atoms with Crippen molar-refractivity contribution in [2.45, 2.75) is 45.1 Å². The van der Waals surface area contributed by atoms with Gasteiger partial charge in [0.15, 0.2) is 0 Å². The van der Waals surface area contributed by atoms with Gasteiger partial charge >= 0.3 is 0 Å². The van der Waals surface area contributed by atoms with Gasteiger partial charge in [-0.15, -0.1) is 0 Å². The van der Waals surface area contributed by atoms with E-state index >= 15 is 0 Å². The number of likely N-dealkylation sites (N-methyl/N-ethyl adjacent to an activating group) is 1. The third kappa shape index (κ3) is 4.65. The van der Waals surface area contributed by atoms with Crippen molar-refractivity contribution in [3.05, 3.63) is 54.0 Å². The van der Waals surface area contributed by atoms with Crippen LogP contribution >= 0.6 is 0 Å². The van der Waals surface area contributed by atoms with Gasteiger partial charge in [-0.05, 0) is 43.5 Å². The quantitative estimate of drug-likeness (QED) is 0.791. The summed E-state index contributed by atoms with van der Waals surface area (Å²) in [5.74, 6) is 3.41. The lowest BCUT2D eigenvalue weighted by Gasteiger charge is -2.27. The Morgan fingerprint density at radius 3 is 2.68 bits per heavy atom. The molecule has 1 aromatic carbocycles. The standard InChI is InChI=1S/C21H28N2O2/c1-15-13-19(15)20-11-9-18(25-20)10-12-21(24)22-14-16(2)23(3)17-7-5-4-6-8-17/h4-9,11,15-16,19H,10,12-14H2,1-3H3,(H,22,24)/t15-,16-,19+/m1/s1. The summed E-state index contributed by atoms with van der Waals surface area (Å²) in [4.78, 5) is 14.3. The van der Waals surface area contributed by atoms with E-state index in [9.17, 15) is 4.79 Å². The average Bonchev–Trinajstić information content (AvgIpc) is 3.18. The van der Waals surface area contributed by atoms with Crippen molar-refractivity contribution in [1.82, 2.24) is 5.32 Å². The number of para-hydroxylation sites is 1. The van der Waals surface area contributed by atoms with E-state index in [2.05, 4.69) is 49.3 Å². The summed E-state index contributed by atoms with van der Waals surface area (Å²) in [7, 11) is 2.05.